The molecule has 0 saturated carbocycles. The first kappa shape index (κ1) is 21.0. The summed E-state index contributed by atoms with van der Waals surface area (Å²) in [5.74, 6) is 0.0619. The average Bonchev–Trinajstić information content (AvgIpc) is 3.33. The van der Waals surface area contributed by atoms with Gasteiger partial charge in [0, 0.05) is 28.8 Å². The highest BCUT2D eigenvalue weighted by Gasteiger charge is 2.17. The number of aryl methyl sites for hydroxylation is 1. The maximum absolute atomic E-state index is 12.5. The lowest BCUT2D eigenvalue weighted by Crippen LogP contribution is -2.15. The van der Waals surface area contributed by atoms with Gasteiger partial charge in [-0.1, -0.05) is 41.4 Å². The number of methoxy groups -OCH3 is 1. The van der Waals surface area contributed by atoms with Crippen molar-refractivity contribution in [1.82, 2.24) is 14.6 Å². The first-order valence-electron chi connectivity index (χ1n) is 9.52. The van der Waals surface area contributed by atoms with Gasteiger partial charge in [-0.15, -0.1) is 16.4 Å². The minimum Gasteiger partial charge on any atom is -0.496 e. The zero-order valence-electron chi connectivity index (χ0n) is 16.9. The van der Waals surface area contributed by atoms with E-state index in [0.29, 0.717) is 21.3 Å². The van der Waals surface area contributed by atoms with Crippen molar-refractivity contribution in [2.24, 2.45) is 0 Å². The number of aromatic nitrogens is 3. The summed E-state index contributed by atoms with van der Waals surface area (Å²) in [4.78, 5) is 29.9. The molecular weight excluding hydrogens is 436 g/mol. The Kier molecular flexibility index (Phi) is 6.01. The predicted molar refractivity (Wildman–Crippen MR) is 121 cm³/mol. The van der Waals surface area contributed by atoms with E-state index < -0.39 is 0 Å². The van der Waals surface area contributed by atoms with Crippen LogP contribution >= 0.6 is 22.9 Å². The third-order valence-electron chi connectivity index (χ3n) is 4.72. The van der Waals surface area contributed by atoms with Crippen molar-refractivity contribution in [2.75, 3.05) is 12.4 Å². The Morgan fingerprint density at radius 1 is 1.16 bits per heavy atom. The van der Waals surface area contributed by atoms with Gasteiger partial charge in [-0.05, 0) is 25.1 Å². The number of fused-ring (bicyclic) bond motifs is 1. The predicted octanol–water partition coefficient (Wildman–Crippen LogP) is 5.03. The standard InChI is InChI=1S/C22H19ClN4O3S/c1-13-3-5-14(6-4-13)17-12-31-22-25-21(26-27(17)22)24-20(29)10-8-18(28)16-11-15(23)7-9-19(16)30-2/h3-7,9,11-12H,8,10H2,1-2H3,(H,24,26,29). The van der Waals surface area contributed by atoms with Crippen LogP contribution < -0.4 is 10.1 Å². The van der Waals surface area contributed by atoms with Gasteiger partial charge in [0.2, 0.25) is 16.8 Å². The SMILES string of the molecule is COc1ccc(Cl)cc1C(=O)CCC(=O)Nc1nc2scc(-c3ccc(C)cc3)n2n1. The lowest BCUT2D eigenvalue weighted by molar-refractivity contribution is -0.116. The van der Waals surface area contributed by atoms with Crippen LogP contribution in [-0.4, -0.2) is 33.4 Å². The molecule has 2 aromatic carbocycles. The zero-order chi connectivity index (χ0) is 22.0. The van der Waals surface area contributed by atoms with E-state index in [4.69, 9.17) is 16.3 Å². The summed E-state index contributed by atoms with van der Waals surface area (Å²) in [5.41, 5.74) is 3.44. The van der Waals surface area contributed by atoms with E-state index in [1.165, 1.54) is 30.1 Å². The van der Waals surface area contributed by atoms with Gasteiger partial charge in [-0.3, -0.25) is 14.9 Å². The Morgan fingerprint density at radius 3 is 2.68 bits per heavy atom. The van der Waals surface area contributed by atoms with E-state index in [0.717, 1.165) is 11.3 Å². The van der Waals surface area contributed by atoms with E-state index in [-0.39, 0.29) is 30.5 Å². The largest absolute Gasteiger partial charge is 0.496 e. The van der Waals surface area contributed by atoms with Gasteiger partial charge >= 0.3 is 0 Å². The summed E-state index contributed by atoms with van der Waals surface area (Å²) in [6.45, 7) is 2.03. The molecule has 0 fully saturated rings. The summed E-state index contributed by atoms with van der Waals surface area (Å²) in [7, 11) is 1.48. The molecular formula is C22H19ClN4O3S. The molecule has 158 valence electrons. The number of benzene rings is 2. The monoisotopic (exact) mass is 454 g/mol. The second-order valence-corrected chi connectivity index (χ2v) is 8.21. The molecule has 1 N–H and O–H groups in total. The third kappa shape index (κ3) is 4.60. The lowest BCUT2D eigenvalue weighted by atomic mass is 10.1. The Bertz CT molecular complexity index is 1260. The second kappa shape index (κ2) is 8.87. The van der Waals surface area contributed by atoms with Gasteiger partial charge in [0.15, 0.2) is 5.78 Å². The quantitative estimate of drug-likeness (QED) is 0.396. The Morgan fingerprint density at radius 2 is 1.94 bits per heavy atom. The molecule has 2 aromatic heterocycles. The summed E-state index contributed by atoms with van der Waals surface area (Å²) in [6.07, 6.45) is 0.00550. The number of thiazole rings is 1. The van der Waals surface area contributed by atoms with Crippen molar-refractivity contribution in [1.29, 1.82) is 0 Å². The van der Waals surface area contributed by atoms with Crippen LogP contribution in [0.15, 0.2) is 47.8 Å². The molecule has 4 rings (SSSR count). The van der Waals surface area contributed by atoms with Gasteiger partial charge in [-0.2, -0.15) is 4.98 Å². The highest BCUT2D eigenvalue weighted by molar-refractivity contribution is 7.15. The number of nitrogens with one attached hydrogen (secondary N) is 1. The van der Waals surface area contributed by atoms with Gasteiger partial charge < -0.3 is 4.74 Å². The second-order valence-electron chi connectivity index (χ2n) is 6.93. The minimum atomic E-state index is -0.343. The number of ether oxygens (including phenoxy) is 1. The number of amides is 1. The molecule has 0 bridgehead atoms. The Labute approximate surface area is 187 Å². The van der Waals surface area contributed by atoms with Crippen LogP contribution in [0.1, 0.15) is 28.8 Å². The lowest BCUT2D eigenvalue weighted by Gasteiger charge is -2.08. The molecule has 0 spiro atoms. The Balaban J connectivity index is 1.43. The number of halogens is 1. The maximum atomic E-state index is 12.5. The number of ketones is 1. The van der Waals surface area contributed by atoms with E-state index in [2.05, 4.69) is 15.4 Å². The van der Waals surface area contributed by atoms with Crippen LogP contribution in [0.5, 0.6) is 5.75 Å². The molecule has 2 heterocycles. The number of rotatable bonds is 7. The van der Waals surface area contributed by atoms with Crippen molar-refractivity contribution in [3.63, 3.8) is 0 Å². The fourth-order valence-corrected chi connectivity index (χ4v) is 4.11. The number of hydrogen-bond acceptors (Lipinski definition) is 6. The van der Waals surface area contributed by atoms with Crippen molar-refractivity contribution in [3.8, 4) is 17.0 Å². The van der Waals surface area contributed by atoms with Crippen molar-refractivity contribution in [2.45, 2.75) is 19.8 Å². The molecule has 4 aromatic rings. The zero-order valence-corrected chi connectivity index (χ0v) is 18.5. The molecule has 0 aliphatic carbocycles. The van der Waals surface area contributed by atoms with Gasteiger partial charge in [0.1, 0.15) is 5.75 Å². The topological polar surface area (TPSA) is 85.6 Å². The fourth-order valence-electron chi connectivity index (χ4n) is 3.10. The van der Waals surface area contributed by atoms with Gasteiger partial charge in [-0.25, -0.2) is 4.52 Å². The molecule has 0 aliphatic rings. The smallest absolute Gasteiger partial charge is 0.250 e. The Hall–Kier alpha value is -3.23. The molecule has 0 radical (unpaired) electrons. The van der Waals surface area contributed by atoms with E-state index >= 15 is 0 Å². The van der Waals surface area contributed by atoms with Crippen LogP contribution in [0, 0.1) is 6.92 Å². The molecule has 9 heteroatoms. The molecule has 31 heavy (non-hydrogen) atoms. The van der Waals surface area contributed by atoms with Gasteiger partial charge in [0.05, 0.1) is 18.4 Å². The molecule has 0 atom stereocenters. The average molecular weight is 455 g/mol. The van der Waals surface area contributed by atoms with Gasteiger partial charge in [0.25, 0.3) is 0 Å². The first-order valence-corrected chi connectivity index (χ1v) is 10.8. The number of Topliss-reactive ketones (excluding diaryl/α,β-unsaturated/α-hetero) is 1. The maximum Gasteiger partial charge on any atom is 0.250 e. The third-order valence-corrected chi connectivity index (χ3v) is 5.77. The van der Waals surface area contributed by atoms with Crippen LogP contribution in [-0.2, 0) is 4.79 Å². The normalized spacial score (nSPS) is 10.9. The van der Waals surface area contributed by atoms with Crippen molar-refractivity contribution < 1.29 is 14.3 Å². The van der Waals surface area contributed by atoms with Crippen molar-refractivity contribution >= 4 is 45.5 Å². The summed E-state index contributed by atoms with van der Waals surface area (Å²) in [6, 6.07) is 12.9. The summed E-state index contributed by atoms with van der Waals surface area (Å²) >= 11 is 7.41. The molecule has 0 unspecified atom stereocenters. The number of carbonyl (C=O) groups excluding carboxylic acids is 2. The van der Waals surface area contributed by atoms with E-state index in [9.17, 15) is 9.59 Å². The highest BCUT2D eigenvalue weighted by atomic mass is 35.5. The minimum absolute atomic E-state index is 0.00776. The van der Waals surface area contributed by atoms with Crippen LogP contribution in [0.3, 0.4) is 0 Å². The summed E-state index contributed by atoms with van der Waals surface area (Å²) < 4.78 is 6.90. The molecule has 7 nitrogen and oxygen atoms in total. The number of hydrogen-bond donors (Lipinski definition) is 1. The summed E-state index contributed by atoms with van der Waals surface area (Å²) in [5, 5.41) is 9.47. The molecule has 0 aliphatic heterocycles. The first-order chi connectivity index (χ1) is 14.9. The van der Waals surface area contributed by atoms with Crippen LogP contribution in [0.25, 0.3) is 16.2 Å². The number of carbonyl (C=O) groups is 2. The fraction of sp³-hybridized carbons (Fsp3) is 0.182. The van der Waals surface area contributed by atoms with Crippen molar-refractivity contribution in [3.05, 3.63) is 64.0 Å². The number of anilines is 1. The van der Waals surface area contributed by atoms with Crippen LogP contribution in [0.2, 0.25) is 5.02 Å². The molecule has 0 saturated heterocycles. The van der Waals surface area contributed by atoms with Crippen LogP contribution in [0.4, 0.5) is 5.95 Å². The van der Waals surface area contributed by atoms with E-state index in [1.807, 2.05) is 36.6 Å². The number of nitrogens with zero attached hydrogens (tertiary/aromatic N) is 3. The highest BCUT2D eigenvalue weighted by Crippen LogP contribution is 2.27. The molecule has 1 amide bonds. The van der Waals surface area contributed by atoms with E-state index in [1.54, 1.807) is 16.6 Å².